The minimum absolute atomic E-state index is 0.0433. The molecule has 1 fully saturated rings. The molecule has 160 valence electrons. The highest BCUT2D eigenvalue weighted by atomic mass is 32.2. The third-order valence-corrected chi connectivity index (χ3v) is 8.13. The Hall–Kier alpha value is -2.18. The Kier molecular flexibility index (Phi) is 6.54. The lowest BCUT2D eigenvalue weighted by Crippen LogP contribution is -2.35. The van der Waals surface area contributed by atoms with Crippen LogP contribution in [0.15, 0.2) is 53.4 Å². The summed E-state index contributed by atoms with van der Waals surface area (Å²) in [5.41, 5.74) is 3.55. The van der Waals surface area contributed by atoms with E-state index in [1.807, 2.05) is 18.2 Å². The van der Waals surface area contributed by atoms with Crippen LogP contribution in [0, 0.1) is 0 Å². The molecule has 1 N–H and O–H groups in total. The van der Waals surface area contributed by atoms with Gasteiger partial charge in [-0.2, -0.15) is 4.31 Å². The second-order valence-electron chi connectivity index (χ2n) is 8.32. The van der Waals surface area contributed by atoms with E-state index >= 15 is 0 Å². The number of nitrogens with one attached hydrogen (secondary N) is 1. The topological polar surface area (TPSA) is 66.5 Å². The Morgan fingerprint density at radius 1 is 0.967 bits per heavy atom. The SMILES string of the molecule is O=C(CCc1ccc(S(=O)(=O)N2CCCCC2)cc1)N[C@@H]1CCCc2ccccc21. The average Bonchev–Trinajstić information content (AvgIpc) is 2.79. The van der Waals surface area contributed by atoms with Gasteiger partial charge in [-0.15, -0.1) is 0 Å². The van der Waals surface area contributed by atoms with Gasteiger partial charge in [0, 0.05) is 19.5 Å². The van der Waals surface area contributed by atoms with Crippen LogP contribution in [-0.4, -0.2) is 31.7 Å². The molecule has 2 aliphatic rings. The third-order valence-electron chi connectivity index (χ3n) is 6.22. The summed E-state index contributed by atoms with van der Waals surface area (Å²) < 4.78 is 27.1. The smallest absolute Gasteiger partial charge is 0.243 e. The van der Waals surface area contributed by atoms with Crippen LogP contribution >= 0.6 is 0 Å². The van der Waals surface area contributed by atoms with E-state index in [-0.39, 0.29) is 11.9 Å². The van der Waals surface area contributed by atoms with E-state index in [0.29, 0.717) is 30.8 Å². The van der Waals surface area contributed by atoms with Gasteiger partial charge in [0.05, 0.1) is 10.9 Å². The number of rotatable bonds is 6. The number of nitrogens with zero attached hydrogens (tertiary/aromatic N) is 1. The van der Waals surface area contributed by atoms with Crippen molar-refractivity contribution < 1.29 is 13.2 Å². The van der Waals surface area contributed by atoms with Gasteiger partial charge in [-0.1, -0.05) is 42.8 Å². The summed E-state index contributed by atoms with van der Waals surface area (Å²) in [6.45, 7) is 1.21. The second kappa shape index (κ2) is 9.31. The van der Waals surface area contributed by atoms with Crippen molar-refractivity contribution in [1.82, 2.24) is 9.62 Å². The first-order chi connectivity index (χ1) is 14.5. The minimum Gasteiger partial charge on any atom is -0.349 e. The van der Waals surface area contributed by atoms with Crippen LogP contribution in [-0.2, 0) is 27.7 Å². The average molecular weight is 427 g/mol. The highest BCUT2D eigenvalue weighted by Crippen LogP contribution is 2.29. The third kappa shape index (κ3) is 4.76. The molecule has 0 saturated carbocycles. The van der Waals surface area contributed by atoms with Gasteiger partial charge < -0.3 is 5.32 Å². The largest absolute Gasteiger partial charge is 0.349 e. The van der Waals surface area contributed by atoms with Crippen molar-refractivity contribution in [3.05, 3.63) is 65.2 Å². The second-order valence-corrected chi connectivity index (χ2v) is 10.3. The van der Waals surface area contributed by atoms with Crippen LogP contribution < -0.4 is 5.32 Å². The van der Waals surface area contributed by atoms with Crippen molar-refractivity contribution in [2.75, 3.05) is 13.1 Å². The molecule has 5 nitrogen and oxygen atoms in total. The summed E-state index contributed by atoms with van der Waals surface area (Å²) in [4.78, 5) is 12.9. The normalized spacial score (nSPS) is 19.8. The molecular weight excluding hydrogens is 396 g/mol. The Bertz CT molecular complexity index is 980. The first kappa shape index (κ1) is 21.1. The van der Waals surface area contributed by atoms with E-state index in [4.69, 9.17) is 0 Å². The standard InChI is InChI=1S/C24H30N2O3S/c27-24(25-23-10-6-8-20-7-2-3-9-22(20)23)16-13-19-11-14-21(15-12-19)30(28,29)26-17-4-1-5-18-26/h2-3,7,9,11-12,14-15,23H,1,4-6,8,10,13,16-18H2,(H,25,27)/t23-/m1/s1. The number of piperidine rings is 1. The summed E-state index contributed by atoms with van der Waals surface area (Å²) in [6, 6.07) is 15.5. The number of carbonyl (C=O) groups excluding carboxylic acids is 1. The van der Waals surface area contributed by atoms with Gasteiger partial charge in [0.25, 0.3) is 0 Å². The van der Waals surface area contributed by atoms with Crippen LogP contribution in [0.25, 0.3) is 0 Å². The Morgan fingerprint density at radius 3 is 2.47 bits per heavy atom. The number of amides is 1. The Labute approximate surface area is 179 Å². The number of benzene rings is 2. The van der Waals surface area contributed by atoms with Gasteiger partial charge in [0.1, 0.15) is 0 Å². The van der Waals surface area contributed by atoms with Gasteiger partial charge >= 0.3 is 0 Å². The van der Waals surface area contributed by atoms with Crippen LogP contribution in [0.1, 0.15) is 61.3 Å². The fourth-order valence-corrected chi connectivity index (χ4v) is 6.03. The molecule has 2 aromatic carbocycles. The summed E-state index contributed by atoms with van der Waals surface area (Å²) in [5.74, 6) is 0.0433. The summed E-state index contributed by atoms with van der Waals surface area (Å²) in [5, 5.41) is 3.18. The van der Waals surface area contributed by atoms with Crippen LogP contribution in [0.3, 0.4) is 0 Å². The lowest BCUT2D eigenvalue weighted by molar-refractivity contribution is -0.121. The monoisotopic (exact) mass is 426 g/mol. The van der Waals surface area contributed by atoms with E-state index in [0.717, 1.165) is 44.1 Å². The number of aryl methyl sites for hydroxylation is 2. The van der Waals surface area contributed by atoms with E-state index in [1.165, 1.54) is 11.1 Å². The predicted octanol–water partition coefficient (Wildman–Crippen LogP) is 3.99. The molecule has 0 spiro atoms. The fourth-order valence-electron chi connectivity index (χ4n) is 4.51. The number of sulfonamides is 1. The lowest BCUT2D eigenvalue weighted by atomic mass is 9.87. The summed E-state index contributed by atoms with van der Waals surface area (Å²) in [7, 11) is -3.40. The molecule has 1 atom stereocenters. The Balaban J connectivity index is 1.33. The maximum absolute atomic E-state index is 12.7. The van der Waals surface area contributed by atoms with Crippen molar-refractivity contribution in [3.63, 3.8) is 0 Å². The molecule has 1 saturated heterocycles. The molecule has 2 aromatic rings. The molecule has 6 heteroatoms. The van der Waals surface area contributed by atoms with Crippen LogP contribution in [0.4, 0.5) is 0 Å². The number of fused-ring (bicyclic) bond motifs is 1. The zero-order chi connectivity index (χ0) is 21.0. The van der Waals surface area contributed by atoms with Gasteiger partial charge in [-0.3, -0.25) is 4.79 Å². The molecule has 4 rings (SSSR count). The van der Waals surface area contributed by atoms with E-state index < -0.39 is 10.0 Å². The first-order valence-electron chi connectivity index (χ1n) is 11.0. The minimum atomic E-state index is -3.40. The highest BCUT2D eigenvalue weighted by Gasteiger charge is 2.26. The fraction of sp³-hybridized carbons (Fsp3) is 0.458. The summed E-state index contributed by atoms with van der Waals surface area (Å²) >= 11 is 0. The quantitative estimate of drug-likeness (QED) is 0.760. The molecule has 1 aliphatic carbocycles. The maximum Gasteiger partial charge on any atom is 0.243 e. The molecule has 0 bridgehead atoms. The number of hydrogen-bond donors (Lipinski definition) is 1. The van der Waals surface area contributed by atoms with Crippen molar-refractivity contribution in [1.29, 1.82) is 0 Å². The van der Waals surface area contributed by atoms with E-state index in [9.17, 15) is 13.2 Å². The van der Waals surface area contributed by atoms with Crippen molar-refractivity contribution in [2.24, 2.45) is 0 Å². The van der Waals surface area contributed by atoms with Gasteiger partial charge in [-0.25, -0.2) is 8.42 Å². The molecule has 0 radical (unpaired) electrons. The molecule has 1 aliphatic heterocycles. The molecule has 1 amide bonds. The molecule has 0 aromatic heterocycles. The van der Waals surface area contributed by atoms with Gasteiger partial charge in [0.15, 0.2) is 0 Å². The molecule has 30 heavy (non-hydrogen) atoms. The number of hydrogen-bond acceptors (Lipinski definition) is 3. The summed E-state index contributed by atoms with van der Waals surface area (Å²) in [6.07, 6.45) is 7.10. The zero-order valence-electron chi connectivity index (χ0n) is 17.3. The van der Waals surface area contributed by atoms with Gasteiger partial charge in [-0.05, 0) is 67.3 Å². The molecule has 0 unspecified atom stereocenters. The first-order valence-corrected chi connectivity index (χ1v) is 12.4. The van der Waals surface area contributed by atoms with Crippen LogP contribution in [0.2, 0.25) is 0 Å². The van der Waals surface area contributed by atoms with Crippen LogP contribution in [0.5, 0.6) is 0 Å². The zero-order valence-corrected chi connectivity index (χ0v) is 18.2. The Morgan fingerprint density at radius 2 is 1.70 bits per heavy atom. The lowest BCUT2D eigenvalue weighted by Gasteiger charge is -2.26. The molecular formula is C24H30N2O3S. The number of carbonyl (C=O) groups is 1. The van der Waals surface area contributed by atoms with Crippen molar-refractivity contribution in [2.45, 2.75) is 62.3 Å². The maximum atomic E-state index is 12.7. The predicted molar refractivity (Wildman–Crippen MR) is 118 cm³/mol. The van der Waals surface area contributed by atoms with E-state index in [1.54, 1.807) is 16.4 Å². The van der Waals surface area contributed by atoms with Crippen molar-refractivity contribution in [3.8, 4) is 0 Å². The molecule has 1 heterocycles. The van der Waals surface area contributed by atoms with Gasteiger partial charge in [0.2, 0.25) is 15.9 Å². The highest BCUT2D eigenvalue weighted by molar-refractivity contribution is 7.89. The van der Waals surface area contributed by atoms with E-state index in [2.05, 4.69) is 23.5 Å². The van der Waals surface area contributed by atoms with Crippen molar-refractivity contribution >= 4 is 15.9 Å².